The lowest BCUT2D eigenvalue weighted by Crippen LogP contribution is -2.36. The van der Waals surface area contributed by atoms with Crippen molar-refractivity contribution in [2.75, 3.05) is 0 Å². The van der Waals surface area contributed by atoms with E-state index in [0.717, 1.165) is 41.7 Å². The standard InChI is InChI=1S/C25H31NO3/c1-15(2)21-9-7-16(3)12-23(21)29-25(27)17(4)18-8-10-22-20(13-18)14-19-6-5-11-26-24(19)28-22/h5-6,8,10-11,13,15-17,21,23H,7,9,12,14H2,1-4H3. The number of fused-ring (bicyclic) bond motifs is 2. The number of carbonyl (C=O) groups is 1. The highest BCUT2D eigenvalue weighted by Crippen LogP contribution is 2.38. The number of benzene rings is 1. The summed E-state index contributed by atoms with van der Waals surface area (Å²) in [5.74, 6) is 2.70. The SMILES string of the molecule is CC1CCC(C(C)C)C(OC(=O)C(C)c2ccc3c(c2)Cc2cccnc2O3)C1. The Bertz CT molecular complexity index is 891. The lowest BCUT2D eigenvalue weighted by Gasteiger charge is -2.37. The second-order valence-electron chi connectivity index (χ2n) is 9.14. The molecule has 29 heavy (non-hydrogen) atoms. The van der Waals surface area contributed by atoms with Gasteiger partial charge in [-0.1, -0.05) is 45.4 Å². The fourth-order valence-electron chi connectivity index (χ4n) is 4.70. The van der Waals surface area contributed by atoms with Crippen LogP contribution in [0.2, 0.25) is 0 Å². The van der Waals surface area contributed by atoms with Gasteiger partial charge in [-0.15, -0.1) is 0 Å². The highest BCUT2D eigenvalue weighted by molar-refractivity contribution is 5.78. The van der Waals surface area contributed by atoms with Gasteiger partial charge in [0, 0.05) is 18.2 Å². The lowest BCUT2D eigenvalue weighted by atomic mass is 9.75. The van der Waals surface area contributed by atoms with E-state index in [1.807, 2.05) is 31.2 Å². The second kappa shape index (κ2) is 8.17. The van der Waals surface area contributed by atoms with Gasteiger partial charge in [0.15, 0.2) is 0 Å². The monoisotopic (exact) mass is 393 g/mol. The number of aromatic nitrogens is 1. The summed E-state index contributed by atoms with van der Waals surface area (Å²) in [4.78, 5) is 17.3. The van der Waals surface area contributed by atoms with Crippen molar-refractivity contribution < 1.29 is 14.3 Å². The maximum atomic E-state index is 13.0. The summed E-state index contributed by atoms with van der Waals surface area (Å²) in [6.07, 6.45) is 5.90. The van der Waals surface area contributed by atoms with Crippen molar-refractivity contribution in [3.8, 4) is 11.6 Å². The van der Waals surface area contributed by atoms with Crippen molar-refractivity contribution in [3.05, 3.63) is 53.2 Å². The largest absolute Gasteiger partial charge is 0.462 e. The molecule has 0 bridgehead atoms. The van der Waals surface area contributed by atoms with Crippen LogP contribution in [-0.2, 0) is 16.0 Å². The van der Waals surface area contributed by atoms with Crippen LogP contribution in [0.5, 0.6) is 11.6 Å². The molecule has 4 atom stereocenters. The van der Waals surface area contributed by atoms with E-state index in [1.54, 1.807) is 6.20 Å². The summed E-state index contributed by atoms with van der Waals surface area (Å²) in [5.41, 5.74) is 3.15. The van der Waals surface area contributed by atoms with E-state index in [1.165, 1.54) is 6.42 Å². The molecule has 0 saturated heterocycles. The molecule has 4 unspecified atom stereocenters. The molecule has 4 nitrogen and oxygen atoms in total. The van der Waals surface area contributed by atoms with Gasteiger partial charge in [0.2, 0.25) is 5.88 Å². The minimum Gasteiger partial charge on any atom is -0.462 e. The summed E-state index contributed by atoms with van der Waals surface area (Å²) in [6, 6.07) is 9.97. The first-order chi connectivity index (χ1) is 13.9. The van der Waals surface area contributed by atoms with Crippen LogP contribution in [0.15, 0.2) is 36.5 Å². The summed E-state index contributed by atoms with van der Waals surface area (Å²) < 4.78 is 12.0. The van der Waals surface area contributed by atoms with E-state index >= 15 is 0 Å². The molecule has 2 aliphatic rings. The van der Waals surface area contributed by atoms with Crippen LogP contribution in [0, 0.1) is 17.8 Å². The zero-order chi connectivity index (χ0) is 20.5. The molecule has 0 radical (unpaired) electrons. The van der Waals surface area contributed by atoms with E-state index in [9.17, 15) is 4.79 Å². The third-order valence-corrected chi connectivity index (χ3v) is 6.60. The minimum absolute atomic E-state index is 0.0348. The molecule has 1 aliphatic heterocycles. The number of hydrogen-bond acceptors (Lipinski definition) is 4. The molecular formula is C25H31NO3. The Morgan fingerprint density at radius 1 is 1.17 bits per heavy atom. The average Bonchev–Trinajstić information content (AvgIpc) is 2.71. The predicted molar refractivity (Wildman–Crippen MR) is 113 cm³/mol. The van der Waals surface area contributed by atoms with Crippen molar-refractivity contribution in [2.24, 2.45) is 17.8 Å². The van der Waals surface area contributed by atoms with Crippen LogP contribution in [0.25, 0.3) is 0 Å². The topological polar surface area (TPSA) is 48.4 Å². The van der Waals surface area contributed by atoms with Gasteiger partial charge in [-0.05, 0) is 60.8 Å². The van der Waals surface area contributed by atoms with Crippen LogP contribution in [0.3, 0.4) is 0 Å². The smallest absolute Gasteiger partial charge is 0.313 e. The van der Waals surface area contributed by atoms with Gasteiger partial charge in [0.05, 0.1) is 5.92 Å². The van der Waals surface area contributed by atoms with E-state index < -0.39 is 0 Å². The van der Waals surface area contributed by atoms with Crippen molar-refractivity contribution in [2.45, 2.75) is 65.4 Å². The molecule has 4 heteroatoms. The molecule has 0 amide bonds. The van der Waals surface area contributed by atoms with E-state index in [2.05, 4.69) is 31.8 Å². The number of carbonyl (C=O) groups excluding carboxylic acids is 1. The zero-order valence-electron chi connectivity index (χ0n) is 17.9. The zero-order valence-corrected chi connectivity index (χ0v) is 17.9. The summed E-state index contributed by atoms with van der Waals surface area (Å²) in [6.45, 7) is 8.68. The van der Waals surface area contributed by atoms with E-state index in [4.69, 9.17) is 9.47 Å². The molecule has 0 spiro atoms. The normalized spacial score (nSPS) is 24.2. The number of ether oxygens (including phenoxy) is 2. The van der Waals surface area contributed by atoms with Crippen molar-refractivity contribution >= 4 is 5.97 Å². The van der Waals surface area contributed by atoms with E-state index in [0.29, 0.717) is 23.6 Å². The Hall–Kier alpha value is -2.36. The second-order valence-corrected chi connectivity index (χ2v) is 9.14. The molecule has 4 rings (SSSR count). The molecule has 154 valence electrons. The van der Waals surface area contributed by atoms with Gasteiger partial charge in [-0.2, -0.15) is 0 Å². The van der Waals surface area contributed by atoms with Gasteiger partial charge in [-0.25, -0.2) is 4.98 Å². The lowest BCUT2D eigenvalue weighted by molar-refractivity contribution is -0.157. The molecule has 1 aliphatic carbocycles. The molecule has 1 aromatic carbocycles. The van der Waals surface area contributed by atoms with Gasteiger partial charge < -0.3 is 9.47 Å². The average molecular weight is 394 g/mol. The maximum absolute atomic E-state index is 13.0. The molecule has 2 aromatic rings. The van der Waals surface area contributed by atoms with Crippen molar-refractivity contribution in [1.29, 1.82) is 0 Å². The third kappa shape index (κ3) is 4.17. The number of rotatable bonds is 4. The van der Waals surface area contributed by atoms with Gasteiger partial charge in [0.25, 0.3) is 0 Å². The first-order valence-corrected chi connectivity index (χ1v) is 10.9. The molecule has 1 fully saturated rings. The quantitative estimate of drug-likeness (QED) is 0.519. The molecule has 1 saturated carbocycles. The Balaban J connectivity index is 1.48. The van der Waals surface area contributed by atoms with Gasteiger partial charge in [0.1, 0.15) is 11.9 Å². The van der Waals surface area contributed by atoms with Crippen LogP contribution in [0.4, 0.5) is 0 Å². The number of hydrogen-bond donors (Lipinski definition) is 0. The van der Waals surface area contributed by atoms with Gasteiger partial charge >= 0.3 is 5.97 Å². The molecule has 0 N–H and O–H groups in total. The number of pyridine rings is 1. The Labute approximate surface area is 173 Å². The Morgan fingerprint density at radius 3 is 2.79 bits per heavy atom. The molecule has 2 heterocycles. The van der Waals surface area contributed by atoms with Crippen molar-refractivity contribution in [1.82, 2.24) is 4.98 Å². The third-order valence-electron chi connectivity index (χ3n) is 6.60. The van der Waals surface area contributed by atoms with Crippen LogP contribution < -0.4 is 4.74 Å². The van der Waals surface area contributed by atoms with E-state index in [-0.39, 0.29) is 18.0 Å². The van der Waals surface area contributed by atoms with Crippen LogP contribution >= 0.6 is 0 Å². The number of nitrogens with zero attached hydrogens (tertiary/aromatic N) is 1. The minimum atomic E-state index is -0.291. The molecule has 1 aromatic heterocycles. The number of esters is 1. The first kappa shape index (κ1) is 19.9. The summed E-state index contributed by atoms with van der Waals surface area (Å²) in [7, 11) is 0. The molecular weight excluding hydrogens is 362 g/mol. The van der Waals surface area contributed by atoms with Gasteiger partial charge in [-0.3, -0.25) is 4.79 Å². The fourth-order valence-corrected chi connectivity index (χ4v) is 4.70. The van der Waals surface area contributed by atoms with Crippen LogP contribution in [0.1, 0.15) is 69.6 Å². The highest BCUT2D eigenvalue weighted by atomic mass is 16.5. The Morgan fingerprint density at radius 2 is 2.00 bits per heavy atom. The van der Waals surface area contributed by atoms with Crippen LogP contribution in [-0.4, -0.2) is 17.1 Å². The Kier molecular flexibility index (Phi) is 5.62. The maximum Gasteiger partial charge on any atom is 0.313 e. The fraction of sp³-hybridized carbons (Fsp3) is 0.520. The van der Waals surface area contributed by atoms with Crippen molar-refractivity contribution in [3.63, 3.8) is 0 Å². The summed E-state index contributed by atoms with van der Waals surface area (Å²) in [5, 5.41) is 0. The first-order valence-electron chi connectivity index (χ1n) is 10.9. The summed E-state index contributed by atoms with van der Waals surface area (Å²) >= 11 is 0. The highest BCUT2D eigenvalue weighted by Gasteiger charge is 2.34. The predicted octanol–water partition coefficient (Wildman–Crippen LogP) is 5.89.